The quantitative estimate of drug-likeness (QED) is 0.505. The highest BCUT2D eigenvalue weighted by molar-refractivity contribution is 7.64. The lowest BCUT2D eigenvalue weighted by atomic mass is 10.2. The maximum atomic E-state index is 5.85. The molecule has 0 bridgehead atoms. The fraction of sp³-hybridized carbons (Fsp3) is 0.250. The second kappa shape index (κ2) is 6.02. The third-order valence-corrected chi connectivity index (χ3v) is 5.82. The Bertz CT molecular complexity index is 325. The largest absolute Gasteiger partial charge is 0.345 e. The van der Waals surface area contributed by atoms with Gasteiger partial charge in [-0.2, -0.15) is 0 Å². The van der Waals surface area contributed by atoms with Crippen molar-refractivity contribution in [2.24, 2.45) is 0 Å². The van der Waals surface area contributed by atoms with Crippen LogP contribution < -0.4 is 0 Å². The van der Waals surface area contributed by atoms with Crippen LogP contribution in [0, 0.1) is 0 Å². The molecule has 0 nitrogen and oxygen atoms in total. The van der Waals surface area contributed by atoms with Gasteiger partial charge >= 0.3 is 12.0 Å². The third-order valence-electron chi connectivity index (χ3n) is 1.80. The van der Waals surface area contributed by atoms with Crippen LogP contribution in [0.5, 0.6) is 0 Å². The zero-order valence-electron chi connectivity index (χ0n) is 7.99. The Morgan fingerprint density at radius 2 is 1.12 bits per heavy atom. The minimum absolute atomic E-state index is 0.479. The third kappa shape index (κ3) is 6.97. The maximum Gasteiger partial charge on any atom is 0.345 e. The molecule has 0 aliphatic carbocycles. The van der Waals surface area contributed by atoms with Gasteiger partial charge in [-0.05, 0) is 11.1 Å². The van der Waals surface area contributed by atoms with E-state index in [-0.39, 0.29) is 0 Å². The summed E-state index contributed by atoms with van der Waals surface area (Å²) in [5.41, 5.74) is 1.96. The summed E-state index contributed by atoms with van der Waals surface area (Å²) in [6.45, 7) is 0. The van der Waals surface area contributed by atoms with Gasteiger partial charge in [-0.1, -0.05) is 24.3 Å². The molecule has 1 rings (SSSR count). The van der Waals surface area contributed by atoms with E-state index in [0.29, 0.717) is 12.1 Å². The average molecular weight is 373 g/mol. The Balaban J connectivity index is 2.79. The van der Waals surface area contributed by atoms with Gasteiger partial charge in [-0.25, -0.2) is 0 Å². The fourth-order valence-electron chi connectivity index (χ4n) is 1.31. The standard InChI is InChI=1S/C8H8Cl6Si2/c9-15(10,11)5-7-2-1-3-8(4-7)6-16(12,13)14/h1-4H,5-6H2. The molecule has 0 radical (unpaired) electrons. The molecule has 0 atom stereocenters. The molecule has 16 heavy (non-hydrogen) atoms. The molecule has 0 fully saturated rings. The van der Waals surface area contributed by atoms with Gasteiger partial charge in [0.1, 0.15) is 0 Å². The number of hydrogen-bond donors (Lipinski definition) is 0. The van der Waals surface area contributed by atoms with Crippen molar-refractivity contribution >= 4 is 78.5 Å². The first-order chi connectivity index (χ1) is 7.16. The van der Waals surface area contributed by atoms with E-state index in [1.54, 1.807) is 0 Å². The van der Waals surface area contributed by atoms with Crippen LogP contribution in [0.1, 0.15) is 11.1 Å². The first-order valence-electron chi connectivity index (χ1n) is 4.37. The second-order valence-electron chi connectivity index (χ2n) is 3.40. The number of benzene rings is 1. The van der Waals surface area contributed by atoms with Crippen LogP contribution in [0.15, 0.2) is 24.3 Å². The first kappa shape index (κ1) is 15.5. The topological polar surface area (TPSA) is 0 Å². The lowest BCUT2D eigenvalue weighted by molar-refractivity contribution is 1.30. The van der Waals surface area contributed by atoms with Crippen LogP contribution in [0.2, 0.25) is 0 Å². The Hall–Kier alpha value is 1.39. The molecule has 0 N–H and O–H groups in total. The van der Waals surface area contributed by atoms with Gasteiger partial charge < -0.3 is 0 Å². The maximum absolute atomic E-state index is 5.85. The van der Waals surface area contributed by atoms with E-state index >= 15 is 0 Å². The normalized spacial score (nSPS) is 12.9. The zero-order chi connectivity index (χ0) is 12.4. The van der Waals surface area contributed by atoms with Crippen LogP contribution >= 0.6 is 66.5 Å². The molecule has 0 spiro atoms. The van der Waals surface area contributed by atoms with E-state index in [2.05, 4.69) is 0 Å². The lowest BCUT2D eigenvalue weighted by Gasteiger charge is -2.11. The zero-order valence-corrected chi connectivity index (χ0v) is 14.5. The van der Waals surface area contributed by atoms with E-state index in [1.165, 1.54) is 0 Å². The molecule has 1 aromatic carbocycles. The summed E-state index contributed by atoms with van der Waals surface area (Å²) in [4.78, 5) is 0. The van der Waals surface area contributed by atoms with Gasteiger partial charge in [0.15, 0.2) is 0 Å². The van der Waals surface area contributed by atoms with Crippen LogP contribution in [0.4, 0.5) is 0 Å². The van der Waals surface area contributed by atoms with Crippen molar-refractivity contribution in [3.63, 3.8) is 0 Å². The molecule has 0 heterocycles. The summed E-state index contributed by atoms with van der Waals surface area (Å²) in [6, 6.07) is 3.31. The van der Waals surface area contributed by atoms with E-state index in [0.717, 1.165) is 11.1 Å². The Labute approximate surface area is 125 Å². The van der Waals surface area contributed by atoms with Gasteiger partial charge in [0, 0.05) is 12.1 Å². The first-order valence-corrected chi connectivity index (χ1v) is 14.9. The fourth-order valence-corrected chi connectivity index (χ4v) is 5.46. The van der Waals surface area contributed by atoms with E-state index in [1.807, 2.05) is 24.3 Å². The molecular weight excluding hydrogens is 365 g/mol. The van der Waals surface area contributed by atoms with Gasteiger partial charge in [0.25, 0.3) is 0 Å². The van der Waals surface area contributed by atoms with Crippen molar-refractivity contribution in [2.45, 2.75) is 12.1 Å². The van der Waals surface area contributed by atoms with Gasteiger partial charge in [-0.15, -0.1) is 66.5 Å². The van der Waals surface area contributed by atoms with E-state index in [9.17, 15) is 0 Å². The molecule has 1 aromatic rings. The predicted octanol–water partition coefficient (Wildman–Crippen LogP) is 5.16. The smallest absolute Gasteiger partial charge is 0.126 e. The molecule has 0 saturated heterocycles. The summed E-state index contributed by atoms with van der Waals surface area (Å²) in [6.07, 6.45) is 0. The average Bonchev–Trinajstić information content (AvgIpc) is 1.96. The number of rotatable bonds is 4. The van der Waals surface area contributed by atoms with Crippen molar-refractivity contribution in [2.75, 3.05) is 0 Å². The van der Waals surface area contributed by atoms with Crippen molar-refractivity contribution in [3.05, 3.63) is 35.4 Å². The van der Waals surface area contributed by atoms with Gasteiger partial charge in [0.05, 0.1) is 0 Å². The molecule has 90 valence electrons. The van der Waals surface area contributed by atoms with Crippen LogP contribution in [0.3, 0.4) is 0 Å². The summed E-state index contributed by atoms with van der Waals surface area (Å²) >= 11 is 35.1. The highest BCUT2D eigenvalue weighted by atomic mass is 35.8. The molecule has 0 amide bonds. The van der Waals surface area contributed by atoms with E-state index < -0.39 is 12.0 Å². The highest BCUT2D eigenvalue weighted by Crippen LogP contribution is 2.28. The highest BCUT2D eigenvalue weighted by Gasteiger charge is 2.27. The lowest BCUT2D eigenvalue weighted by Crippen LogP contribution is -2.16. The number of hydrogen-bond acceptors (Lipinski definition) is 0. The van der Waals surface area contributed by atoms with Gasteiger partial charge in [0.2, 0.25) is 0 Å². The number of halogens is 6. The van der Waals surface area contributed by atoms with Crippen molar-refractivity contribution < 1.29 is 0 Å². The SMILES string of the molecule is Cl[Si](Cl)(Cl)Cc1cccc(C[Si](Cl)(Cl)Cl)c1. The molecule has 0 aromatic heterocycles. The minimum Gasteiger partial charge on any atom is -0.126 e. The second-order valence-corrected chi connectivity index (χ2v) is 21.7. The van der Waals surface area contributed by atoms with E-state index in [4.69, 9.17) is 66.5 Å². The predicted molar refractivity (Wildman–Crippen MR) is 80.5 cm³/mol. The molecule has 0 saturated carbocycles. The molecule has 0 unspecified atom stereocenters. The monoisotopic (exact) mass is 370 g/mol. The van der Waals surface area contributed by atoms with Crippen LogP contribution in [0.25, 0.3) is 0 Å². The summed E-state index contributed by atoms with van der Waals surface area (Å²) < 4.78 is 0. The molecule has 0 aliphatic rings. The van der Waals surface area contributed by atoms with Crippen LogP contribution in [-0.4, -0.2) is 12.0 Å². The summed E-state index contributed by atoms with van der Waals surface area (Å²) in [5, 5.41) is 0. The van der Waals surface area contributed by atoms with Crippen LogP contribution in [-0.2, 0) is 12.1 Å². The molecule has 0 aliphatic heterocycles. The Morgan fingerprint density at radius 1 is 0.750 bits per heavy atom. The summed E-state index contributed by atoms with van der Waals surface area (Å²) in [5.74, 6) is 0. The van der Waals surface area contributed by atoms with Crippen molar-refractivity contribution in [1.82, 2.24) is 0 Å². The minimum atomic E-state index is -2.65. The molecular formula is C8H8Cl6Si2. The summed E-state index contributed by atoms with van der Waals surface area (Å²) in [7, 11) is 0. The Morgan fingerprint density at radius 3 is 1.44 bits per heavy atom. The van der Waals surface area contributed by atoms with Crippen molar-refractivity contribution in [1.29, 1.82) is 0 Å². The Kier molecular flexibility index (Phi) is 5.82. The van der Waals surface area contributed by atoms with Crippen molar-refractivity contribution in [3.8, 4) is 0 Å². The molecule has 8 heteroatoms. The van der Waals surface area contributed by atoms with Gasteiger partial charge in [-0.3, -0.25) is 0 Å².